The normalized spacial score (nSPS) is 10.2. The van der Waals surface area contributed by atoms with Crippen LogP contribution in [-0.4, -0.2) is 30.5 Å². The van der Waals surface area contributed by atoms with Crippen LogP contribution in [-0.2, 0) is 4.79 Å². The van der Waals surface area contributed by atoms with Gasteiger partial charge in [-0.05, 0) is 38.9 Å². The maximum Gasteiger partial charge on any atom is 0.225 e. The Morgan fingerprint density at radius 1 is 1.39 bits per heavy atom. The van der Waals surface area contributed by atoms with Gasteiger partial charge in [-0.25, -0.2) is 4.98 Å². The summed E-state index contributed by atoms with van der Waals surface area (Å²) in [6, 6.07) is 3.80. The van der Waals surface area contributed by atoms with E-state index in [1.165, 1.54) is 0 Å². The zero-order valence-electron chi connectivity index (χ0n) is 11.1. The molecule has 0 spiro atoms. The van der Waals surface area contributed by atoms with Gasteiger partial charge in [-0.2, -0.15) is 0 Å². The van der Waals surface area contributed by atoms with Crippen LogP contribution in [0, 0.1) is 0 Å². The zero-order valence-corrected chi connectivity index (χ0v) is 11.1. The third kappa shape index (κ3) is 4.33. The SMILES string of the molecule is CCN(CC)c1ccc(NC(=O)CCCN)nc1. The number of pyridine rings is 1. The van der Waals surface area contributed by atoms with E-state index in [1.54, 1.807) is 6.20 Å². The number of nitrogens with one attached hydrogen (secondary N) is 1. The number of carbonyl (C=O) groups is 1. The van der Waals surface area contributed by atoms with Gasteiger partial charge in [-0.3, -0.25) is 4.79 Å². The topological polar surface area (TPSA) is 71.2 Å². The van der Waals surface area contributed by atoms with Crippen LogP contribution >= 0.6 is 0 Å². The number of anilines is 2. The molecule has 0 atom stereocenters. The standard InChI is InChI=1S/C13H22N4O/c1-3-17(4-2)11-7-8-12(15-10-11)16-13(18)6-5-9-14/h7-8,10H,3-6,9,14H2,1-2H3,(H,15,16,18). The lowest BCUT2D eigenvalue weighted by Gasteiger charge is -2.20. The van der Waals surface area contributed by atoms with E-state index in [9.17, 15) is 4.79 Å². The summed E-state index contributed by atoms with van der Waals surface area (Å²) in [5.41, 5.74) is 6.42. The predicted molar refractivity (Wildman–Crippen MR) is 74.7 cm³/mol. The molecule has 1 aromatic rings. The number of hydrogen-bond acceptors (Lipinski definition) is 4. The third-order valence-electron chi connectivity index (χ3n) is 2.75. The Labute approximate surface area is 108 Å². The summed E-state index contributed by atoms with van der Waals surface area (Å²) >= 11 is 0. The minimum atomic E-state index is -0.0384. The molecular formula is C13H22N4O. The second-order valence-electron chi connectivity index (χ2n) is 4.01. The van der Waals surface area contributed by atoms with Crippen LogP contribution in [0.3, 0.4) is 0 Å². The Kier molecular flexibility index (Phi) is 6.14. The maximum absolute atomic E-state index is 11.5. The second-order valence-corrected chi connectivity index (χ2v) is 4.01. The lowest BCUT2D eigenvalue weighted by atomic mass is 10.3. The van der Waals surface area contributed by atoms with Crippen molar-refractivity contribution in [2.24, 2.45) is 5.73 Å². The van der Waals surface area contributed by atoms with Gasteiger partial charge in [0.05, 0.1) is 11.9 Å². The predicted octanol–water partition coefficient (Wildman–Crippen LogP) is 1.61. The number of aromatic nitrogens is 1. The van der Waals surface area contributed by atoms with Gasteiger partial charge in [0.1, 0.15) is 5.82 Å². The smallest absolute Gasteiger partial charge is 0.225 e. The van der Waals surface area contributed by atoms with Gasteiger partial charge in [0.2, 0.25) is 5.91 Å². The average molecular weight is 250 g/mol. The first-order valence-electron chi connectivity index (χ1n) is 6.42. The average Bonchev–Trinajstić information content (AvgIpc) is 2.40. The fraction of sp³-hybridized carbons (Fsp3) is 0.538. The molecule has 0 aromatic carbocycles. The molecule has 0 aliphatic carbocycles. The Bertz CT molecular complexity index is 360. The van der Waals surface area contributed by atoms with E-state index >= 15 is 0 Å². The molecule has 0 radical (unpaired) electrons. The van der Waals surface area contributed by atoms with Crippen LogP contribution in [0.2, 0.25) is 0 Å². The van der Waals surface area contributed by atoms with Gasteiger partial charge in [0.25, 0.3) is 0 Å². The summed E-state index contributed by atoms with van der Waals surface area (Å²) < 4.78 is 0. The fourth-order valence-corrected chi connectivity index (χ4v) is 1.70. The summed E-state index contributed by atoms with van der Waals surface area (Å²) in [6.45, 7) is 6.63. The highest BCUT2D eigenvalue weighted by Gasteiger charge is 2.05. The fourth-order valence-electron chi connectivity index (χ4n) is 1.70. The van der Waals surface area contributed by atoms with Crippen LogP contribution in [0.1, 0.15) is 26.7 Å². The molecule has 1 aromatic heterocycles. The van der Waals surface area contributed by atoms with E-state index in [1.807, 2.05) is 12.1 Å². The molecule has 5 heteroatoms. The molecular weight excluding hydrogens is 228 g/mol. The van der Waals surface area contributed by atoms with Crippen LogP contribution < -0.4 is 16.0 Å². The van der Waals surface area contributed by atoms with E-state index in [4.69, 9.17) is 5.73 Å². The first-order valence-corrected chi connectivity index (χ1v) is 6.42. The summed E-state index contributed by atoms with van der Waals surface area (Å²) in [7, 11) is 0. The molecule has 1 amide bonds. The van der Waals surface area contributed by atoms with Crippen LogP contribution in [0.4, 0.5) is 11.5 Å². The van der Waals surface area contributed by atoms with Crippen molar-refractivity contribution >= 4 is 17.4 Å². The van der Waals surface area contributed by atoms with E-state index in [0.717, 1.165) is 18.8 Å². The summed E-state index contributed by atoms with van der Waals surface area (Å²) in [5, 5.41) is 2.75. The van der Waals surface area contributed by atoms with Crippen molar-refractivity contribution in [2.75, 3.05) is 29.9 Å². The Hall–Kier alpha value is -1.62. The molecule has 0 bridgehead atoms. The highest BCUT2D eigenvalue weighted by atomic mass is 16.1. The summed E-state index contributed by atoms with van der Waals surface area (Å²) in [5.74, 6) is 0.552. The summed E-state index contributed by atoms with van der Waals surface area (Å²) in [6.07, 6.45) is 2.92. The van der Waals surface area contributed by atoms with Crippen LogP contribution in [0.15, 0.2) is 18.3 Å². The monoisotopic (exact) mass is 250 g/mol. The molecule has 3 N–H and O–H groups in total. The Morgan fingerprint density at radius 3 is 2.61 bits per heavy atom. The number of nitrogens with two attached hydrogens (primary N) is 1. The Balaban J connectivity index is 2.57. The number of hydrogen-bond donors (Lipinski definition) is 2. The van der Waals surface area contributed by atoms with Crippen molar-refractivity contribution in [1.82, 2.24) is 4.98 Å². The molecule has 1 heterocycles. The Morgan fingerprint density at radius 2 is 2.11 bits per heavy atom. The van der Waals surface area contributed by atoms with Gasteiger partial charge in [-0.1, -0.05) is 0 Å². The molecule has 0 saturated heterocycles. The largest absolute Gasteiger partial charge is 0.371 e. The maximum atomic E-state index is 11.5. The van der Waals surface area contributed by atoms with Gasteiger partial charge < -0.3 is 16.0 Å². The number of nitrogens with zero attached hydrogens (tertiary/aromatic N) is 2. The first kappa shape index (κ1) is 14.4. The second kappa shape index (κ2) is 7.66. The van der Waals surface area contributed by atoms with Crippen molar-refractivity contribution in [1.29, 1.82) is 0 Å². The van der Waals surface area contributed by atoms with Crippen molar-refractivity contribution in [3.05, 3.63) is 18.3 Å². The lowest BCUT2D eigenvalue weighted by molar-refractivity contribution is -0.116. The molecule has 0 aliphatic rings. The third-order valence-corrected chi connectivity index (χ3v) is 2.75. The van der Waals surface area contributed by atoms with E-state index in [-0.39, 0.29) is 5.91 Å². The van der Waals surface area contributed by atoms with Crippen molar-refractivity contribution in [3.8, 4) is 0 Å². The van der Waals surface area contributed by atoms with Gasteiger partial charge in [-0.15, -0.1) is 0 Å². The highest BCUT2D eigenvalue weighted by Crippen LogP contribution is 2.14. The number of rotatable bonds is 7. The molecule has 1 rings (SSSR count). The van der Waals surface area contributed by atoms with E-state index in [2.05, 4.69) is 29.0 Å². The molecule has 5 nitrogen and oxygen atoms in total. The molecule has 100 valence electrons. The van der Waals surface area contributed by atoms with E-state index in [0.29, 0.717) is 25.2 Å². The highest BCUT2D eigenvalue weighted by molar-refractivity contribution is 5.89. The van der Waals surface area contributed by atoms with Gasteiger partial charge >= 0.3 is 0 Å². The van der Waals surface area contributed by atoms with Crippen molar-refractivity contribution in [3.63, 3.8) is 0 Å². The molecule has 0 saturated carbocycles. The minimum Gasteiger partial charge on any atom is -0.371 e. The first-order chi connectivity index (χ1) is 8.71. The van der Waals surface area contributed by atoms with Crippen LogP contribution in [0.5, 0.6) is 0 Å². The minimum absolute atomic E-state index is 0.0384. The molecule has 0 aliphatic heterocycles. The quantitative estimate of drug-likeness (QED) is 0.771. The van der Waals surface area contributed by atoms with E-state index < -0.39 is 0 Å². The molecule has 0 fully saturated rings. The van der Waals surface area contributed by atoms with Gasteiger partial charge in [0, 0.05) is 19.5 Å². The molecule has 0 unspecified atom stereocenters. The number of carbonyl (C=O) groups excluding carboxylic acids is 1. The van der Waals surface area contributed by atoms with Crippen LogP contribution in [0.25, 0.3) is 0 Å². The van der Waals surface area contributed by atoms with Crippen molar-refractivity contribution in [2.45, 2.75) is 26.7 Å². The molecule has 18 heavy (non-hydrogen) atoms. The zero-order chi connectivity index (χ0) is 13.4. The van der Waals surface area contributed by atoms with Gasteiger partial charge in [0.15, 0.2) is 0 Å². The lowest BCUT2D eigenvalue weighted by Crippen LogP contribution is -2.22. The van der Waals surface area contributed by atoms with Crippen molar-refractivity contribution < 1.29 is 4.79 Å². The summed E-state index contributed by atoms with van der Waals surface area (Å²) in [4.78, 5) is 17.9. The number of amides is 1.